The van der Waals surface area contributed by atoms with Crippen molar-refractivity contribution >= 4 is 5.91 Å². The third-order valence-electron chi connectivity index (χ3n) is 3.31. The number of H-pyrrole nitrogens is 1. The van der Waals surface area contributed by atoms with Crippen molar-refractivity contribution in [2.45, 2.75) is 33.7 Å². The number of hydrogen-bond donors (Lipinski definition) is 1. The molecule has 1 heterocycles. The van der Waals surface area contributed by atoms with Crippen LogP contribution in [0.15, 0.2) is 18.2 Å². The minimum atomic E-state index is -0.166. The number of benzene rings is 1. The summed E-state index contributed by atoms with van der Waals surface area (Å²) in [5.41, 5.74) is 3.55. The number of aryl methyl sites for hydroxylation is 3. The molecule has 1 amide bonds. The van der Waals surface area contributed by atoms with E-state index in [1.165, 1.54) is 11.1 Å². The molecule has 0 aliphatic heterocycles. The van der Waals surface area contributed by atoms with E-state index in [0.717, 1.165) is 17.8 Å². The molecule has 2 rings (SSSR count). The fourth-order valence-electron chi connectivity index (χ4n) is 2.07. The summed E-state index contributed by atoms with van der Waals surface area (Å²) >= 11 is 0. The van der Waals surface area contributed by atoms with Crippen molar-refractivity contribution in [2.75, 3.05) is 7.05 Å². The molecule has 0 fully saturated rings. The van der Waals surface area contributed by atoms with Crippen LogP contribution in [0.1, 0.15) is 40.1 Å². The van der Waals surface area contributed by atoms with Gasteiger partial charge in [0, 0.05) is 20.0 Å². The third-order valence-corrected chi connectivity index (χ3v) is 3.31. The fourth-order valence-corrected chi connectivity index (χ4v) is 2.07. The summed E-state index contributed by atoms with van der Waals surface area (Å²) in [6.07, 6.45) is 0.737. The number of nitrogens with one attached hydrogen (secondary N) is 1. The van der Waals surface area contributed by atoms with Crippen molar-refractivity contribution in [3.05, 3.63) is 46.5 Å². The molecule has 0 bridgehead atoms. The Balaban J connectivity index is 2.11. The van der Waals surface area contributed by atoms with Gasteiger partial charge in [-0.2, -0.15) is 0 Å². The molecule has 2 aromatic rings. The Morgan fingerprint density at radius 3 is 2.70 bits per heavy atom. The smallest absolute Gasteiger partial charge is 0.293 e. The first-order valence-electron chi connectivity index (χ1n) is 6.74. The lowest BCUT2D eigenvalue weighted by Gasteiger charge is -2.17. The monoisotopic (exact) mass is 272 g/mol. The topological polar surface area (TPSA) is 61.9 Å². The van der Waals surface area contributed by atoms with Gasteiger partial charge in [0.05, 0.1) is 0 Å². The van der Waals surface area contributed by atoms with Crippen molar-refractivity contribution < 1.29 is 4.79 Å². The van der Waals surface area contributed by atoms with Gasteiger partial charge < -0.3 is 4.90 Å². The molecular formula is C15H20N4O. The molecule has 0 atom stereocenters. The van der Waals surface area contributed by atoms with Gasteiger partial charge in [-0.3, -0.25) is 9.89 Å². The molecule has 5 heteroatoms. The van der Waals surface area contributed by atoms with Crippen LogP contribution in [0.3, 0.4) is 0 Å². The minimum Gasteiger partial charge on any atom is -0.335 e. The van der Waals surface area contributed by atoms with Gasteiger partial charge in [-0.25, -0.2) is 4.98 Å². The van der Waals surface area contributed by atoms with Gasteiger partial charge in [0.15, 0.2) is 0 Å². The molecule has 0 unspecified atom stereocenters. The maximum absolute atomic E-state index is 12.2. The molecule has 0 aliphatic carbocycles. The van der Waals surface area contributed by atoms with Crippen LogP contribution in [-0.4, -0.2) is 33.0 Å². The van der Waals surface area contributed by atoms with E-state index in [0.29, 0.717) is 6.54 Å². The molecule has 0 saturated carbocycles. The Bertz CT molecular complexity index is 618. The third kappa shape index (κ3) is 3.04. The average molecular weight is 272 g/mol. The van der Waals surface area contributed by atoms with E-state index < -0.39 is 0 Å². The summed E-state index contributed by atoms with van der Waals surface area (Å²) in [5, 5.41) is 6.72. The van der Waals surface area contributed by atoms with Crippen molar-refractivity contribution in [1.82, 2.24) is 20.1 Å². The Morgan fingerprint density at radius 2 is 2.10 bits per heavy atom. The van der Waals surface area contributed by atoms with E-state index in [1.54, 1.807) is 11.9 Å². The summed E-state index contributed by atoms with van der Waals surface area (Å²) < 4.78 is 0. The highest BCUT2D eigenvalue weighted by Crippen LogP contribution is 2.13. The quantitative estimate of drug-likeness (QED) is 0.928. The zero-order valence-corrected chi connectivity index (χ0v) is 12.4. The van der Waals surface area contributed by atoms with Crippen LogP contribution in [0.4, 0.5) is 0 Å². The maximum atomic E-state index is 12.2. The second-order valence-corrected chi connectivity index (χ2v) is 5.05. The molecule has 1 aromatic heterocycles. The second-order valence-electron chi connectivity index (χ2n) is 5.05. The Hall–Kier alpha value is -2.17. The summed E-state index contributed by atoms with van der Waals surface area (Å²) in [7, 11) is 1.77. The van der Waals surface area contributed by atoms with Crippen LogP contribution in [0.2, 0.25) is 0 Å². The minimum absolute atomic E-state index is 0.166. The van der Waals surface area contributed by atoms with Crippen LogP contribution in [0.25, 0.3) is 0 Å². The van der Waals surface area contributed by atoms with Gasteiger partial charge in [0.2, 0.25) is 5.82 Å². The predicted molar refractivity (Wildman–Crippen MR) is 77.5 cm³/mol. The van der Waals surface area contributed by atoms with Crippen LogP contribution in [0, 0.1) is 13.8 Å². The van der Waals surface area contributed by atoms with E-state index in [-0.39, 0.29) is 11.7 Å². The van der Waals surface area contributed by atoms with Crippen LogP contribution >= 0.6 is 0 Å². The molecule has 20 heavy (non-hydrogen) atoms. The summed E-state index contributed by atoms with van der Waals surface area (Å²) in [5.74, 6) is 0.795. The number of aromatic nitrogens is 3. The lowest BCUT2D eigenvalue weighted by molar-refractivity contribution is 0.0773. The van der Waals surface area contributed by atoms with Crippen molar-refractivity contribution in [3.8, 4) is 0 Å². The molecule has 5 nitrogen and oxygen atoms in total. The molecule has 0 aliphatic rings. The zero-order valence-electron chi connectivity index (χ0n) is 12.4. The van der Waals surface area contributed by atoms with Gasteiger partial charge in [0.25, 0.3) is 5.91 Å². The Kier molecular flexibility index (Phi) is 4.17. The van der Waals surface area contributed by atoms with Gasteiger partial charge in [0.1, 0.15) is 5.82 Å². The molecular weight excluding hydrogens is 252 g/mol. The van der Waals surface area contributed by atoms with E-state index >= 15 is 0 Å². The highest BCUT2D eigenvalue weighted by atomic mass is 16.2. The Labute approximate surface area is 119 Å². The van der Waals surface area contributed by atoms with Gasteiger partial charge >= 0.3 is 0 Å². The number of carbonyl (C=O) groups is 1. The highest BCUT2D eigenvalue weighted by molar-refractivity contribution is 5.90. The normalized spacial score (nSPS) is 10.6. The summed E-state index contributed by atoms with van der Waals surface area (Å²) in [6, 6.07) is 6.24. The first-order chi connectivity index (χ1) is 9.51. The largest absolute Gasteiger partial charge is 0.335 e. The van der Waals surface area contributed by atoms with Crippen LogP contribution in [-0.2, 0) is 13.0 Å². The number of carbonyl (C=O) groups excluding carboxylic acids is 1. The number of rotatable bonds is 4. The SMILES string of the molecule is CCc1nc(C(=O)N(C)Cc2ccc(C)cc2C)n[nH]1. The van der Waals surface area contributed by atoms with Crippen LogP contribution in [0.5, 0.6) is 0 Å². The van der Waals surface area contributed by atoms with Gasteiger partial charge in [-0.15, -0.1) is 5.10 Å². The van der Waals surface area contributed by atoms with Crippen molar-refractivity contribution in [1.29, 1.82) is 0 Å². The summed E-state index contributed by atoms with van der Waals surface area (Å²) in [4.78, 5) is 18.0. The zero-order chi connectivity index (χ0) is 14.7. The lowest BCUT2D eigenvalue weighted by atomic mass is 10.1. The fraction of sp³-hybridized carbons (Fsp3) is 0.400. The summed E-state index contributed by atoms with van der Waals surface area (Å²) in [6.45, 7) is 6.64. The molecule has 0 spiro atoms. The van der Waals surface area contributed by atoms with Crippen LogP contribution < -0.4 is 0 Å². The average Bonchev–Trinajstić information content (AvgIpc) is 2.89. The van der Waals surface area contributed by atoms with Crippen molar-refractivity contribution in [3.63, 3.8) is 0 Å². The van der Waals surface area contributed by atoms with Gasteiger partial charge in [-0.1, -0.05) is 30.7 Å². The highest BCUT2D eigenvalue weighted by Gasteiger charge is 2.17. The van der Waals surface area contributed by atoms with E-state index in [9.17, 15) is 4.79 Å². The first kappa shape index (κ1) is 14.2. The Morgan fingerprint density at radius 1 is 1.35 bits per heavy atom. The molecule has 106 valence electrons. The van der Waals surface area contributed by atoms with E-state index in [1.807, 2.05) is 6.92 Å². The van der Waals surface area contributed by atoms with E-state index in [2.05, 4.69) is 47.2 Å². The maximum Gasteiger partial charge on any atom is 0.293 e. The number of amides is 1. The first-order valence-corrected chi connectivity index (χ1v) is 6.74. The molecule has 0 radical (unpaired) electrons. The number of aromatic amines is 1. The molecule has 1 aromatic carbocycles. The van der Waals surface area contributed by atoms with E-state index in [4.69, 9.17) is 0 Å². The number of hydrogen-bond acceptors (Lipinski definition) is 3. The second kappa shape index (κ2) is 5.86. The molecule has 0 saturated heterocycles. The molecule has 1 N–H and O–H groups in total. The standard InChI is InChI=1S/C15H20N4O/c1-5-13-16-14(18-17-13)15(20)19(4)9-12-7-6-10(2)8-11(12)3/h6-8H,5,9H2,1-4H3,(H,16,17,18). The number of nitrogens with zero attached hydrogens (tertiary/aromatic N) is 3. The van der Waals surface area contributed by atoms with Crippen molar-refractivity contribution in [2.24, 2.45) is 0 Å². The van der Waals surface area contributed by atoms with Gasteiger partial charge in [-0.05, 0) is 25.0 Å². The predicted octanol–water partition coefficient (Wildman–Crippen LogP) is 2.26. The lowest BCUT2D eigenvalue weighted by Crippen LogP contribution is -2.27.